The lowest BCUT2D eigenvalue weighted by molar-refractivity contribution is 0.370. The summed E-state index contributed by atoms with van der Waals surface area (Å²) >= 11 is 0. The average Bonchev–Trinajstić information content (AvgIpc) is 2.79. The average molecular weight is 402 g/mol. The first-order chi connectivity index (χ1) is 9.61. The topological polar surface area (TPSA) is 40.5 Å². The molecule has 0 amide bonds. The van der Waals surface area contributed by atoms with Crippen LogP contribution < -0.4 is 5.32 Å². The molecule has 1 aromatic heterocycles. The number of nitrogens with one attached hydrogen (secondary N) is 1. The zero-order valence-electron chi connectivity index (χ0n) is 13.3. The molecule has 0 radical (unpaired) electrons. The molecule has 0 saturated carbocycles. The zero-order chi connectivity index (χ0) is 14.4. The van der Waals surface area contributed by atoms with E-state index in [0.29, 0.717) is 5.41 Å². The minimum Gasteiger partial charge on any atom is -0.357 e. The van der Waals surface area contributed by atoms with Crippen molar-refractivity contribution in [3.05, 3.63) is 30.1 Å². The molecular formula is C16H27IN4. The molecule has 0 atom stereocenters. The van der Waals surface area contributed by atoms with Gasteiger partial charge in [-0.3, -0.25) is 9.98 Å². The van der Waals surface area contributed by atoms with Crippen LogP contribution in [-0.4, -0.2) is 42.0 Å². The normalized spacial score (nSPS) is 17.5. The van der Waals surface area contributed by atoms with E-state index in [4.69, 9.17) is 4.99 Å². The number of nitrogens with zero attached hydrogens (tertiary/aromatic N) is 3. The fraction of sp³-hybridized carbons (Fsp3) is 0.625. The van der Waals surface area contributed by atoms with Crippen LogP contribution in [0.25, 0.3) is 0 Å². The number of aliphatic imine (C=N–C) groups is 1. The third kappa shape index (κ3) is 5.80. The van der Waals surface area contributed by atoms with Crippen LogP contribution in [0.3, 0.4) is 0 Å². The summed E-state index contributed by atoms with van der Waals surface area (Å²) in [5.41, 5.74) is 1.51. The largest absolute Gasteiger partial charge is 0.357 e. The van der Waals surface area contributed by atoms with Gasteiger partial charge in [0.05, 0.1) is 0 Å². The van der Waals surface area contributed by atoms with Crippen molar-refractivity contribution in [2.24, 2.45) is 10.4 Å². The fourth-order valence-electron chi connectivity index (χ4n) is 2.54. The van der Waals surface area contributed by atoms with Crippen LogP contribution in [0.5, 0.6) is 0 Å². The van der Waals surface area contributed by atoms with Crippen molar-refractivity contribution in [3.63, 3.8) is 0 Å². The predicted molar refractivity (Wildman–Crippen MR) is 99.3 cm³/mol. The summed E-state index contributed by atoms with van der Waals surface area (Å²) in [5.74, 6) is 1.05. The Bertz CT molecular complexity index is 445. The number of rotatable bonds is 4. The van der Waals surface area contributed by atoms with Gasteiger partial charge in [-0.2, -0.15) is 0 Å². The molecule has 0 aromatic carbocycles. The Morgan fingerprint density at radius 3 is 2.81 bits per heavy atom. The van der Waals surface area contributed by atoms with Crippen molar-refractivity contribution < 1.29 is 0 Å². The van der Waals surface area contributed by atoms with E-state index in [1.165, 1.54) is 6.42 Å². The molecule has 2 heterocycles. The lowest BCUT2D eigenvalue weighted by atomic mass is 9.93. The Morgan fingerprint density at radius 1 is 1.43 bits per heavy atom. The molecule has 1 N–H and O–H groups in total. The quantitative estimate of drug-likeness (QED) is 0.478. The van der Waals surface area contributed by atoms with E-state index in [9.17, 15) is 0 Å². The summed E-state index contributed by atoms with van der Waals surface area (Å²) in [6, 6.07) is 6.03. The van der Waals surface area contributed by atoms with Crippen molar-refractivity contribution >= 4 is 29.9 Å². The Balaban J connectivity index is 0.00000220. The third-order valence-electron chi connectivity index (χ3n) is 3.67. The van der Waals surface area contributed by atoms with Crippen LogP contribution in [0.15, 0.2) is 29.4 Å². The summed E-state index contributed by atoms with van der Waals surface area (Å²) < 4.78 is 0. The number of hydrogen-bond donors (Lipinski definition) is 1. The Labute approximate surface area is 145 Å². The second kappa shape index (κ2) is 8.56. The maximum absolute atomic E-state index is 4.75. The molecule has 5 heteroatoms. The highest BCUT2D eigenvalue weighted by Gasteiger charge is 2.30. The second-order valence-corrected chi connectivity index (χ2v) is 6.14. The van der Waals surface area contributed by atoms with Crippen LogP contribution in [0, 0.1) is 5.41 Å². The first-order valence-electron chi connectivity index (χ1n) is 7.54. The SMILES string of the molecule is CCNC(=NCCc1ccccn1)N1CCC(C)(C)C1.I. The van der Waals surface area contributed by atoms with E-state index < -0.39 is 0 Å². The van der Waals surface area contributed by atoms with Crippen LogP contribution in [0.1, 0.15) is 32.9 Å². The van der Waals surface area contributed by atoms with Crippen molar-refractivity contribution in [2.45, 2.75) is 33.6 Å². The van der Waals surface area contributed by atoms with Gasteiger partial charge < -0.3 is 10.2 Å². The van der Waals surface area contributed by atoms with Gasteiger partial charge in [-0.25, -0.2) is 0 Å². The van der Waals surface area contributed by atoms with E-state index in [2.05, 4.69) is 42.0 Å². The molecule has 1 aliphatic heterocycles. The Hall–Kier alpha value is -0.850. The molecule has 2 rings (SSSR count). The molecular weight excluding hydrogens is 375 g/mol. The van der Waals surface area contributed by atoms with Gasteiger partial charge in [-0.1, -0.05) is 19.9 Å². The van der Waals surface area contributed by atoms with Crippen molar-refractivity contribution in [2.75, 3.05) is 26.2 Å². The smallest absolute Gasteiger partial charge is 0.193 e. The van der Waals surface area contributed by atoms with E-state index >= 15 is 0 Å². The summed E-state index contributed by atoms with van der Waals surface area (Å²) in [7, 11) is 0. The molecule has 118 valence electrons. The Kier molecular flexibility index (Phi) is 7.42. The molecule has 1 fully saturated rings. The minimum atomic E-state index is 0. The maximum atomic E-state index is 4.75. The number of pyridine rings is 1. The van der Waals surface area contributed by atoms with Crippen LogP contribution >= 0.6 is 24.0 Å². The first kappa shape index (κ1) is 18.2. The van der Waals surface area contributed by atoms with Gasteiger partial charge in [0.1, 0.15) is 0 Å². The zero-order valence-corrected chi connectivity index (χ0v) is 15.6. The maximum Gasteiger partial charge on any atom is 0.193 e. The molecule has 1 aliphatic rings. The molecule has 0 spiro atoms. The van der Waals surface area contributed by atoms with Gasteiger partial charge in [-0.05, 0) is 30.9 Å². The van der Waals surface area contributed by atoms with Gasteiger partial charge in [0.15, 0.2) is 5.96 Å². The highest BCUT2D eigenvalue weighted by molar-refractivity contribution is 14.0. The number of guanidine groups is 1. The van der Waals surface area contributed by atoms with E-state index in [0.717, 1.165) is 44.3 Å². The summed E-state index contributed by atoms with van der Waals surface area (Å²) in [6.45, 7) is 10.7. The van der Waals surface area contributed by atoms with Crippen LogP contribution in [-0.2, 0) is 6.42 Å². The number of hydrogen-bond acceptors (Lipinski definition) is 2. The van der Waals surface area contributed by atoms with Gasteiger partial charge in [0.25, 0.3) is 0 Å². The highest BCUT2D eigenvalue weighted by atomic mass is 127. The van der Waals surface area contributed by atoms with Crippen LogP contribution in [0.2, 0.25) is 0 Å². The highest BCUT2D eigenvalue weighted by Crippen LogP contribution is 2.28. The summed E-state index contributed by atoms with van der Waals surface area (Å²) in [4.78, 5) is 11.5. The second-order valence-electron chi connectivity index (χ2n) is 6.14. The van der Waals surface area contributed by atoms with Gasteiger partial charge in [0.2, 0.25) is 0 Å². The third-order valence-corrected chi connectivity index (χ3v) is 3.67. The number of aromatic nitrogens is 1. The number of likely N-dealkylation sites (tertiary alicyclic amines) is 1. The lowest BCUT2D eigenvalue weighted by Crippen LogP contribution is -2.40. The fourth-order valence-corrected chi connectivity index (χ4v) is 2.54. The molecule has 0 bridgehead atoms. The molecule has 1 aromatic rings. The van der Waals surface area contributed by atoms with E-state index in [1.54, 1.807) is 0 Å². The van der Waals surface area contributed by atoms with Gasteiger partial charge >= 0.3 is 0 Å². The Morgan fingerprint density at radius 2 is 2.24 bits per heavy atom. The lowest BCUT2D eigenvalue weighted by Gasteiger charge is -2.23. The molecule has 4 nitrogen and oxygen atoms in total. The molecule has 0 unspecified atom stereocenters. The van der Waals surface area contributed by atoms with Crippen molar-refractivity contribution in [1.82, 2.24) is 15.2 Å². The molecule has 1 saturated heterocycles. The minimum absolute atomic E-state index is 0. The van der Waals surface area contributed by atoms with Crippen molar-refractivity contribution in [3.8, 4) is 0 Å². The van der Waals surface area contributed by atoms with Crippen molar-refractivity contribution in [1.29, 1.82) is 0 Å². The summed E-state index contributed by atoms with van der Waals surface area (Å²) in [6.07, 6.45) is 3.97. The van der Waals surface area contributed by atoms with Gasteiger partial charge in [0, 0.05) is 44.5 Å². The van der Waals surface area contributed by atoms with Crippen LogP contribution in [0.4, 0.5) is 0 Å². The molecule has 0 aliphatic carbocycles. The number of halogens is 1. The van der Waals surface area contributed by atoms with Gasteiger partial charge in [-0.15, -0.1) is 24.0 Å². The first-order valence-corrected chi connectivity index (χ1v) is 7.54. The standard InChI is InChI=1S/C16H26N4.HI/c1-4-17-15(20-12-9-16(2,3)13-20)19-11-8-14-7-5-6-10-18-14;/h5-7,10H,4,8-9,11-13H2,1-3H3,(H,17,19);1H. The predicted octanol–water partition coefficient (Wildman–Crippen LogP) is 2.94. The van der Waals surface area contributed by atoms with E-state index in [1.807, 2.05) is 18.3 Å². The summed E-state index contributed by atoms with van der Waals surface area (Å²) in [5, 5.41) is 3.40. The van der Waals surface area contributed by atoms with E-state index in [-0.39, 0.29) is 24.0 Å². The molecule has 21 heavy (non-hydrogen) atoms. The monoisotopic (exact) mass is 402 g/mol.